The molecule has 0 radical (unpaired) electrons. The van der Waals surface area contributed by atoms with Crippen LogP contribution in [0.25, 0.3) is 0 Å². The first-order chi connectivity index (χ1) is 10.7. The van der Waals surface area contributed by atoms with Gasteiger partial charge in [-0.05, 0) is 41.5 Å². The van der Waals surface area contributed by atoms with Crippen LogP contribution in [-0.2, 0) is 17.8 Å². The average molecular weight is 318 g/mol. The summed E-state index contributed by atoms with van der Waals surface area (Å²) in [7, 11) is 1.62. The molecule has 1 aliphatic rings. The summed E-state index contributed by atoms with van der Waals surface area (Å²) in [6.45, 7) is 0.437. The number of rotatable bonds is 4. The smallest absolute Gasteiger partial charge is 0.261 e. The first kappa shape index (κ1) is 14.7. The third-order valence-corrected chi connectivity index (χ3v) is 3.83. The first-order valence-corrected chi connectivity index (χ1v) is 7.39. The molecule has 0 aliphatic carbocycles. The van der Waals surface area contributed by atoms with E-state index in [1.807, 2.05) is 30.3 Å². The lowest BCUT2D eigenvalue weighted by Crippen LogP contribution is -2.37. The second kappa shape index (κ2) is 6.28. The molecule has 5 heteroatoms. The van der Waals surface area contributed by atoms with Crippen LogP contribution in [0.1, 0.15) is 11.1 Å². The lowest BCUT2D eigenvalue weighted by molar-refractivity contribution is -0.127. The number of benzene rings is 2. The molecule has 1 heterocycles. The largest absolute Gasteiger partial charge is 0.497 e. The maximum absolute atomic E-state index is 12.2. The van der Waals surface area contributed by atoms with Gasteiger partial charge in [-0.3, -0.25) is 4.79 Å². The van der Waals surface area contributed by atoms with Crippen LogP contribution in [0.3, 0.4) is 0 Å². The summed E-state index contributed by atoms with van der Waals surface area (Å²) < 4.78 is 10.8. The molecule has 1 atom stereocenters. The number of methoxy groups -OCH3 is 1. The summed E-state index contributed by atoms with van der Waals surface area (Å²) in [6, 6.07) is 13.0. The normalized spacial score (nSPS) is 15.8. The maximum atomic E-state index is 12.2. The number of carbonyl (C=O) groups is 1. The van der Waals surface area contributed by atoms with Gasteiger partial charge in [-0.25, -0.2) is 0 Å². The molecule has 0 fully saturated rings. The molecule has 114 valence electrons. The monoisotopic (exact) mass is 317 g/mol. The standard InChI is InChI=1S/C17H16ClNO3/c1-21-14-4-2-3-11(7-14)10-19-17(20)16-9-12-8-13(18)5-6-15(12)22-16/h2-8,16H,9-10H2,1H3,(H,19,20)/t16-/m0/s1. The van der Waals surface area contributed by atoms with Crippen molar-refractivity contribution < 1.29 is 14.3 Å². The van der Waals surface area contributed by atoms with Crippen LogP contribution in [0.15, 0.2) is 42.5 Å². The van der Waals surface area contributed by atoms with Crippen LogP contribution in [0.2, 0.25) is 5.02 Å². The van der Waals surface area contributed by atoms with Gasteiger partial charge in [0.25, 0.3) is 5.91 Å². The predicted molar refractivity (Wildman–Crippen MR) is 84.4 cm³/mol. The van der Waals surface area contributed by atoms with Crippen LogP contribution in [0.5, 0.6) is 11.5 Å². The van der Waals surface area contributed by atoms with Crippen molar-refractivity contribution in [1.29, 1.82) is 0 Å². The Morgan fingerprint density at radius 1 is 1.36 bits per heavy atom. The molecule has 0 spiro atoms. The van der Waals surface area contributed by atoms with E-state index in [-0.39, 0.29) is 5.91 Å². The van der Waals surface area contributed by atoms with Crippen molar-refractivity contribution in [3.8, 4) is 11.5 Å². The molecule has 0 saturated carbocycles. The van der Waals surface area contributed by atoms with Crippen molar-refractivity contribution in [1.82, 2.24) is 5.32 Å². The van der Waals surface area contributed by atoms with E-state index in [0.29, 0.717) is 18.0 Å². The number of hydrogen-bond acceptors (Lipinski definition) is 3. The van der Waals surface area contributed by atoms with Crippen LogP contribution in [0, 0.1) is 0 Å². The highest BCUT2D eigenvalue weighted by Crippen LogP contribution is 2.31. The Hall–Kier alpha value is -2.20. The molecule has 1 amide bonds. The summed E-state index contributed by atoms with van der Waals surface area (Å²) in [5.74, 6) is 1.37. The van der Waals surface area contributed by atoms with Crippen LogP contribution < -0.4 is 14.8 Å². The van der Waals surface area contributed by atoms with Gasteiger partial charge < -0.3 is 14.8 Å². The highest BCUT2D eigenvalue weighted by atomic mass is 35.5. The van der Waals surface area contributed by atoms with E-state index < -0.39 is 6.10 Å². The first-order valence-electron chi connectivity index (χ1n) is 7.01. The predicted octanol–water partition coefficient (Wildman–Crippen LogP) is 2.97. The molecule has 22 heavy (non-hydrogen) atoms. The second-order valence-electron chi connectivity index (χ2n) is 5.13. The highest BCUT2D eigenvalue weighted by molar-refractivity contribution is 6.30. The van der Waals surface area contributed by atoms with Gasteiger partial charge in [-0.15, -0.1) is 0 Å². The van der Waals surface area contributed by atoms with Crippen molar-refractivity contribution in [2.24, 2.45) is 0 Å². The van der Waals surface area contributed by atoms with Crippen molar-refractivity contribution in [3.63, 3.8) is 0 Å². The van der Waals surface area contributed by atoms with E-state index in [1.54, 1.807) is 19.2 Å². The van der Waals surface area contributed by atoms with Gasteiger partial charge >= 0.3 is 0 Å². The van der Waals surface area contributed by atoms with Gasteiger partial charge in [0, 0.05) is 18.0 Å². The lowest BCUT2D eigenvalue weighted by Gasteiger charge is -2.11. The fourth-order valence-corrected chi connectivity index (χ4v) is 2.64. The Morgan fingerprint density at radius 3 is 3.05 bits per heavy atom. The molecule has 0 saturated heterocycles. The summed E-state index contributed by atoms with van der Waals surface area (Å²) in [5, 5.41) is 3.54. The fraction of sp³-hybridized carbons (Fsp3) is 0.235. The number of nitrogens with one attached hydrogen (secondary N) is 1. The minimum absolute atomic E-state index is 0.129. The average Bonchev–Trinajstić information content (AvgIpc) is 2.96. The number of carbonyl (C=O) groups excluding carboxylic acids is 1. The molecule has 0 bridgehead atoms. The molecule has 0 aromatic heterocycles. The summed E-state index contributed by atoms with van der Waals surface area (Å²) in [4.78, 5) is 12.2. The fourth-order valence-electron chi connectivity index (χ4n) is 2.45. The minimum Gasteiger partial charge on any atom is -0.497 e. The third-order valence-electron chi connectivity index (χ3n) is 3.59. The third kappa shape index (κ3) is 3.17. The quantitative estimate of drug-likeness (QED) is 0.943. The van der Waals surface area contributed by atoms with Gasteiger partial charge in [0.15, 0.2) is 6.10 Å². The van der Waals surface area contributed by atoms with Gasteiger partial charge in [-0.2, -0.15) is 0 Å². The number of hydrogen-bond donors (Lipinski definition) is 1. The zero-order chi connectivity index (χ0) is 15.5. The van der Waals surface area contributed by atoms with Crippen molar-refractivity contribution in [2.45, 2.75) is 19.1 Å². The zero-order valence-electron chi connectivity index (χ0n) is 12.1. The van der Waals surface area contributed by atoms with E-state index in [9.17, 15) is 4.79 Å². The molecule has 2 aromatic carbocycles. The Balaban J connectivity index is 1.59. The Kier molecular flexibility index (Phi) is 4.20. The Labute approximate surface area is 134 Å². The molecule has 1 aliphatic heterocycles. The zero-order valence-corrected chi connectivity index (χ0v) is 12.9. The highest BCUT2D eigenvalue weighted by Gasteiger charge is 2.28. The molecular formula is C17H16ClNO3. The summed E-state index contributed by atoms with van der Waals surface area (Å²) in [6.07, 6.45) is 0.0406. The lowest BCUT2D eigenvalue weighted by atomic mass is 10.1. The molecule has 2 aromatic rings. The Morgan fingerprint density at radius 2 is 2.23 bits per heavy atom. The van der Waals surface area contributed by atoms with Gasteiger partial charge in [0.2, 0.25) is 0 Å². The van der Waals surface area contributed by atoms with Gasteiger partial charge in [0.05, 0.1) is 7.11 Å². The van der Waals surface area contributed by atoms with Crippen LogP contribution in [-0.4, -0.2) is 19.1 Å². The van der Waals surface area contributed by atoms with Gasteiger partial charge in [-0.1, -0.05) is 23.7 Å². The number of halogens is 1. The number of amides is 1. The van der Waals surface area contributed by atoms with E-state index >= 15 is 0 Å². The molecule has 0 unspecified atom stereocenters. The van der Waals surface area contributed by atoms with Crippen molar-refractivity contribution >= 4 is 17.5 Å². The molecule has 4 nitrogen and oxygen atoms in total. The van der Waals surface area contributed by atoms with Crippen molar-refractivity contribution in [3.05, 3.63) is 58.6 Å². The van der Waals surface area contributed by atoms with E-state index in [0.717, 1.165) is 22.6 Å². The molecule has 1 N–H and O–H groups in total. The summed E-state index contributed by atoms with van der Waals surface area (Å²) in [5.41, 5.74) is 1.94. The Bertz CT molecular complexity index is 702. The topological polar surface area (TPSA) is 47.6 Å². The molecular weight excluding hydrogens is 302 g/mol. The second-order valence-corrected chi connectivity index (χ2v) is 5.57. The maximum Gasteiger partial charge on any atom is 0.261 e. The molecule has 3 rings (SSSR count). The van der Waals surface area contributed by atoms with Crippen LogP contribution in [0.4, 0.5) is 0 Å². The van der Waals surface area contributed by atoms with E-state index in [1.165, 1.54) is 0 Å². The van der Waals surface area contributed by atoms with Gasteiger partial charge in [0.1, 0.15) is 11.5 Å². The van der Waals surface area contributed by atoms with Crippen molar-refractivity contribution in [2.75, 3.05) is 7.11 Å². The van der Waals surface area contributed by atoms with Crippen LogP contribution >= 0.6 is 11.6 Å². The summed E-state index contributed by atoms with van der Waals surface area (Å²) >= 11 is 5.95. The number of fused-ring (bicyclic) bond motifs is 1. The minimum atomic E-state index is -0.501. The number of ether oxygens (including phenoxy) is 2. The van der Waals surface area contributed by atoms with E-state index in [4.69, 9.17) is 21.1 Å². The SMILES string of the molecule is COc1cccc(CNC(=O)[C@@H]2Cc3cc(Cl)ccc3O2)c1. The van der Waals surface area contributed by atoms with E-state index in [2.05, 4.69) is 5.32 Å².